The number of phosphoric ester groups is 1. The maximum atomic E-state index is 12.6. The first-order chi connectivity index (χ1) is 32.8. The van der Waals surface area contributed by atoms with Gasteiger partial charge in [-0.2, -0.15) is 0 Å². The summed E-state index contributed by atoms with van der Waals surface area (Å²) in [6.07, 6.45) is 62.6. The number of esters is 2. The van der Waals surface area contributed by atoms with Gasteiger partial charge in [-0.1, -0.05) is 269 Å². The van der Waals surface area contributed by atoms with Gasteiger partial charge in [-0.05, 0) is 38.5 Å². The Balaban J connectivity index is 3.81. The van der Waals surface area contributed by atoms with Crippen LogP contribution in [0.25, 0.3) is 0 Å². The molecule has 0 bridgehead atoms. The van der Waals surface area contributed by atoms with Crippen molar-refractivity contribution in [1.82, 2.24) is 0 Å². The van der Waals surface area contributed by atoms with E-state index in [0.717, 1.165) is 64.2 Å². The lowest BCUT2D eigenvalue weighted by Crippen LogP contribution is -2.29. The highest BCUT2D eigenvalue weighted by atomic mass is 31.2. The first-order valence-corrected chi connectivity index (χ1v) is 30.3. The number of carbonyl (C=O) groups is 2. The minimum absolute atomic E-state index is 0.0527. The molecule has 3 N–H and O–H groups in total. The summed E-state index contributed by atoms with van der Waals surface area (Å²) in [5, 5.41) is 0. The Kier molecular flexibility index (Phi) is 52.6. The van der Waals surface area contributed by atoms with Crippen molar-refractivity contribution in [3.05, 3.63) is 24.3 Å². The molecule has 0 aromatic carbocycles. The zero-order valence-corrected chi connectivity index (χ0v) is 45.1. The second-order valence-electron chi connectivity index (χ2n) is 19.5. The van der Waals surface area contributed by atoms with Crippen LogP contribution in [0.1, 0.15) is 296 Å². The molecule has 0 spiro atoms. The topological polar surface area (TPSA) is 134 Å². The molecule has 0 radical (unpaired) electrons. The first-order valence-electron chi connectivity index (χ1n) is 28.8. The molecular formula is C57H110NO8P. The number of phosphoric acid groups is 1. The largest absolute Gasteiger partial charge is 0.472 e. The zero-order valence-electron chi connectivity index (χ0n) is 44.2. The Bertz CT molecular complexity index is 1150. The second kappa shape index (κ2) is 53.8. The molecule has 0 fully saturated rings. The van der Waals surface area contributed by atoms with Gasteiger partial charge in [0.05, 0.1) is 13.2 Å². The maximum Gasteiger partial charge on any atom is 0.472 e. The molecule has 0 aromatic heterocycles. The molecule has 67 heavy (non-hydrogen) atoms. The summed E-state index contributed by atoms with van der Waals surface area (Å²) >= 11 is 0. The van der Waals surface area contributed by atoms with Crippen LogP contribution in [0.3, 0.4) is 0 Å². The normalized spacial score (nSPS) is 13.2. The summed E-state index contributed by atoms with van der Waals surface area (Å²) in [4.78, 5) is 35.1. The quantitative estimate of drug-likeness (QED) is 0.0264. The van der Waals surface area contributed by atoms with E-state index in [9.17, 15) is 19.0 Å². The number of nitrogens with two attached hydrogens (primary N) is 1. The Hall–Kier alpha value is -1.51. The highest BCUT2D eigenvalue weighted by Crippen LogP contribution is 2.43. The lowest BCUT2D eigenvalue weighted by molar-refractivity contribution is -0.161. The molecule has 0 aliphatic heterocycles. The van der Waals surface area contributed by atoms with Crippen molar-refractivity contribution >= 4 is 19.8 Å². The fourth-order valence-electron chi connectivity index (χ4n) is 8.54. The van der Waals surface area contributed by atoms with Crippen molar-refractivity contribution in [2.24, 2.45) is 5.73 Å². The minimum atomic E-state index is -4.38. The van der Waals surface area contributed by atoms with E-state index in [2.05, 4.69) is 38.2 Å². The molecular weight excluding hydrogens is 858 g/mol. The van der Waals surface area contributed by atoms with Gasteiger partial charge in [0.2, 0.25) is 0 Å². The number of hydrogen-bond acceptors (Lipinski definition) is 8. The predicted molar refractivity (Wildman–Crippen MR) is 284 cm³/mol. The number of ether oxygens (including phenoxy) is 2. The van der Waals surface area contributed by atoms with Gasteiger partial charge in [-0.25, -0.2) is 4.57 Å². The fraction of sp³-hybridized carbons (Fsp3) is 0.895. The Morgan fingerprint density at radius 1 is 0.448 bits per heavy atom. The maximum absolute atomic E-state index is 12.6. The monoisotopic (exact) mass is 968 g/mol. The van der Waals surface area contributed by atoms with E-state index in [0.29, 0.717) is 6.42 Å². The molecule has 396 valence electrons. The molecule has 0 aliphatic carbocycles. The van der Waals surface area contributed by atoms with Gasteiger partial charge in [0, 0.05) is 19.4 Å². The average Bonchev–Trinajstić information content (AvgIpc) is 3.32. The van der Waals surface area contributed by atoms with Crippen molar-refractivity contribution in [3.63, 3.8) is 0 Å². The molecule has 0 rings (SSSR count). The summed E-state index contributed by atoms with van der Waals surface area (Å²) in [5.41, 5.74) is 5.37. The highest BCUT2D eigenvalue weighted by molar-refractivity contribution is 7.47. The molecule has 0 aliphatic rings. The molecule has 9 nitrogen and oxygen atoms in total. The van der Waals surface area contributed by atoms with E-state index < -0.39 is 26.5 Å². The Labute approximate surface area is 414 Å². The number of carbonyl (C=O) groups excluding carboxylic acids is 2. The second-order valence-corrected chi connectivity index (χ2v) is 21.0. The molecule has 2 atom stereocenters. The summed E-state index contributed by atoms with van der Waals surface area (Å²) in [5.74, 6) is -0.831. The number of unbranched alkanes of at least 4 members (excludes halogenated alkanes) is 38. The van der Waals surface area contributed by atoms with Crippen LogP contribution < -0.4 is 5.73 Å². The van der Waals surface area contributed by atoms with Gasteiger partial charge in [-0.15, -0.1) is 0 Å². The van der Waals surface area contributed by atoms with Gasteiger partial charge < -0.3 is 20.1 Å². The third-order valence-electron chi connectivity index (χ3n) is 12.8. The number of hydrogen-bond donors (Lipinski definition) is 2. The van der Waals surface area contributed by atoms with Crippen molar-refractivity contribution in [2.75, 3.05) is 26.4 Å². The van der Waals surface area contributed by atoms with Gasteiger partial charge in [-0.3, -0.25) is 18.6 Å². The molecule has 0 saturated carbocycles. The summed E-state index contributed by atoms with van der Waals surface area (Å²) < 4.78 is 32.9. The van der Waals surface area contributed by atoms with Gasteiger partial charge in [0.25, 0.3) is 0 Å². The molecule has 0 saturated heterocycles. The Morgan fingerprint density at radius 3 is 1.18 bits per heavy atom. The average molecular weight is 968 g/mol. The van der Waals surface area contributed by atoms with Gasteiger partial charge >= 0.3 is 19.8 Å². The lowest BCUT2D eigenvalue weighted by Gasteiger charge is -2.19. The van der Waals surface area contributed by atoms with Gasteiger partial charge in [0.1, 0.15) is 6.61 Å². The van der Waals surface area contributed by atoms with Crippen molar-refractivity contribution in [2.45, 2.75) is 302 Å². The number of allylic oxidation sites excluding steroid dienone is 4. The molecule has 0 heterocycles. The smallest absolute Gasteiger partial charge is 0.462 e. The van der Waals surface area contributed by atoms with Crippen LogP contribution >= 0.6 is 7.82 Å². The zero-order chi connectivity index (χ0) is 48.8. The number of rotatable bonds is 55. The summed E-state index contributed by atoms with van der Waals surface area (Å²) in [6.45, 7) is 3.73. The van der Waals surface area contributed by atoms with Crippen molar-refractivity contribution in [1.29, 1.82) is 0 Å². The molecule has 2 unspecified atom stereocenters. The van der Waals surface area contributed by atoms with Gasteiger partial charge in [0.15, 0.2) is 6.10 Å². The predicted octanol–water partition coefficient (Wildman–Crippen LogP) is 17.9. The highest BCUT2D eigenvalue weighted by Gasteiger charge is 2.26. The van der Waals surface area contributed by atoms with Crippen LogP contribution in [0.4, 0.5) is 0 Å². The Morgan fingerprint density at radius 2 is 0.791 bits per heavy atom. The van der Waals surface area contributed by atoms with Crippen LogP contribution in [-0.4, -0.2) is 49.3 Å². The third-order valence-corrected chi connectivity index (χ3v) is 13.8. The summed E-state index contributed by atoms with van der Waals surface area (Å²) in [7, 11) is -4.38. The van der Waals surface area contributed by atoms with Crippen LogP contribution in [-0.2, 0) is 32.7 Å². The SMILES string of the molecule is CCCC/C=C\C/C=C\CCCCCCCC(=O)OC(COC(=O)CCCCCCCCCCCCCCCCCCCCCCCCCCCCCCCCCC)COP(=O)(O)OCCN. The van der Waals surface area contributed by atoms with Crippen LogP contribution in [0.5, 0.6) is 0 Å². The van der Waals surface area contributed by atoms with E-state index in [1.807, 2.05) is 0 Å². The molecule has 0 aromatic rings. The van der Waals surface area contributed by atoms with E-state index >= 15 is 0 Å². The van der Waals surface area contributed by atoms with Crippen molar-refractivity contribution < 1.29 is 37.6 Å². The van der Waals surface area contributed by atoms with E-state index in [-0.39, 0.29) is 38.6 Å². The van der Waals surface area contributed by atoms with E-state index in [1.54, 1.807) is 0 Å². The standard InChI is InChI=1S/C57H110NO8P/c1-3-5-7-9-11-13-15-17-19-20-21-22-23-24-25-26-27-28-29-30-31-32-33-34-35-36-38-39-41-43-45-47-49-56(59)63-53-55(54-65-67(61,62)64-52-51-58)66-57(60)50-48-46-44-42-40-37-18-16-14-12-10-8-6-4-2/h10,12,16,18,55H,3-9,11,13-15,17,19-54,58H2,1-2H3,(H,61,62)/b12-10-,18-16-. The van der Waals surface area contributed by atoms with Crippen molar-refractivity contribution in [3.8, 4) is 0 Å². The molecule has 0 amide bonds. The minimum Gasteiger partial charge on any atom is -0.462 e. The lowest BCUT2D eigenvalue weighted by atomic mass is 10.0. The van der Waals surface area contributed by atoms with E-state index in [1.165, 1.54) is 199 Å². The van der Waals surface area contributed by atoms with Crippen LogP contribution in [0.2, 0.25) is 0 Å². The fourth-order valence-corrected chi connectivity index (χ4v) is 9.30. The van der Waals surface area contributed by atoms with Crippen LogP contribution in [0, 0.1) is 0 Å². The first kappa shape index (κ1) is 65.5. The molecule has 10 heteroatoms. The van der Waals surface area contributed by atoms with Crippen LogP contribution in [0.15, 0.2) is 24.3 Å². The summed E-state index contributed by atoms with van der Waals surface area (Å²) in [6, 6.07) is 0. The third kappa shape index (κ3) is 53.7. The van der Waals surface area contributed by atoms with E-state index in [4.69, 9.17) is 24.3 Å².